The van der Waals surface area contributed by atoms with Crippen molar-refractivity contribution in [3.8, 4) is 5.88 Å². The number of rotatable bonds is 5. The first-order chi connectivity index (χ1) is 9.51. The minimum atomic E-state index is -3.75. The molecule has 7 heteroatoms. The maximum absolute atomic E-state index is 13.0. The summed E-state index contributed by atoms with van der Waals surface area (Å²) in [7, 11) is -2.25. The van der Waals surface area contributed by atoms with Gasteiger partial charge in [0.15, 0.2) is 0 Å². The molecule has 0 aliphatic rings. The van der Waals surface area contributed by atoms with E-state index in [2.05, 4.69) is 9.71 Å². The molecule has 1 heterocycles. The number of nitrogens with one attached hydrogen (secondary N) is 1. The van der Waals surface area contributed by atoms with Gasteiger partial charge in [-0.15, -0.1) is 0 Å². The lowest BCUT2D eigenvalue weighted by Crippen LogP contribution is -2.23. The van der Waals surface area contributed by atoms with Crippen molar-refractivity contribution in [2.75, 3.05) is 7.11 Å². The van der Waals surface area contributed by atoms with Gasteiger partial charge in [0.05, 0.1) is 12.0 Å². The number of methoxy groups -OCH3 is 1. The van der Waals surface area contributed by atoms with Gasteiger partial charge < -0.3 is 4.74 Å². The fourth-order valence-corrected chi connectivity index (χ4v) is 2.58. The lowest BCUT2D eigenvalue weighted by atomic mass is 10.3. The molecule has 1 aromatic heterocycles. The van der Waals surface area contributed by atoms with Crippen molar-refractivity contribution in [3.05, 3.63) is 54.0 Å². The minimum absolute atomic E-state index is 0.0653. The molecule has 5 nitrogen and oxygen atoms in total. The zero-order chi connectivity index (χ0) is 14.6. The first-order valence-corrected chi connectivity index (χ1v) is 7.24. The Balaban J connectivity index is 2.09. The average molecular weight is 296 g/mol. The Morgan fingerprint density at radius 3 is 2.70 bits per heavy atom. The van der Waals surface area contributed by atoms with Gasteiger partial charge in [-0.3, -0.25) is 0 Å². The number of nitrogens with zero attached hydrogens (tertiary/aromatic N) is 1. The highest BCUT2D eigenvalue weighted by molar-refractivity contribution is 7.89. The van der Waals surface area contributed by atoms with Crippen LogP contribution in [0.2, 0.25) is 0 Å². The first-order valence-electron chi connectivity index (χ1n) is 5.75. The van der Waals surface area contributed by atoms with E-state index in [1.807, 2.05) is 0 Å². The Labute approximate surface area is 116 Å². The van der Waals surface area contributed by atoms with Crippen LogP contribution >= 0.6 is 0 Å². The summed E-state index contributed by atoms with van der Waals surface area (Å²) in [6, 6.07) is 8.16. The SMILES string of the molecule is COc1ccc(CNS(=O)(=O)c2cccc(F)c2)cn1. The second-order valence-electron chi connectivity index (χ2n) is 3.99. The van der Waals surface area contributed by atoms with Gasteiger partial charge in [-0.2, -0.15) is 0 Å². The van der Waals surface area contributed by atoms with Crippen LogP contribution in [-0.2, 0) is 16.6 Å². The molecule has 0 aliphatic heterocycles. The summed E-state index contributed by atoms with van der Waals surface area (Å²) < 4.78 is 44.2. The highest BCUT2D eigenvalue weighted by Crippen LogP contribution is 2.12. The molecule has 0 saturated heterocycles. The minimum Gasteiger partial charge on any atom is -0.481 e. The van der Waals surface area contributed by atoms with Crippen LogP contribution in [0.1, 0.15) is 5.56 Å². The van der Waals surface area contributed by atoms with Gasteiger partial charge in [0, 0.05) is 18.8 Å². The summed E-state index contributed by atoms with van der Waals surface area (Å²) >= 11 is 0. The molecular formula is C13H13FN2O3S. The number of pyridine rings is 1. The highest BCUT2D eigenvalue weighted by atomic mass is 32.2. The van der Waals surface area contributed by atoms with Gasteiger partial charge in [-0.25, -0.2) is 22.5 Å². The molecule has 0 radical (unpaired) electrons. The van der Waals surface area contributed by atoms with E-state index in [0.29, 0.717) is 11.4 Å². The molecular weight excluding hydrogens is 283 g/mol. The van der Waals surface area contributed by atoms with Crippen molar-refractivity contribution < 1.29 is 17.5 Å². The zero-order valence-electron chi connectivity index (χ0n) is 10.7. The summed E-state index contributed by atoms with van der Waals surface area (Å²) in [5.41, 5.74) is 0.672. The molecule has 0 fully saturated rings. The molecule has 2 rings (SSSR count). The van der Waals surface area contributed by atoms with Crippen molar-refractivity contribution in [2.24, 2.45) is 0 Å². The second-order valence-corrected chi connectivity index (χ2v) is 5.76. The van der Waals surface area contributed by atoms with Gasteiger partial charge in [-0.05, 0) is 23.8 Å². The number of benzene rings is 1. The van der Waals surface area contributed by atoms with E-state index in [-0.39, 0.29) is 11.4 Å². The number of ether oxygens (including phenoxy) is 1. The molecule has 0 aliphatic carbocycles. The molecule has 1 aromatic carbocycles. The van der Waals surface area contributed by atoms with Gasteiger partial charge in [0.25, 0.3) is 0 Å². The van der Waals surface area contributed by atoms with E-state index in [4.69, 9.17) is 4.74 Å². The second kappa shape index (κ2) is 5.98. The Kier molecular flexibility index (Phi) is 4.31. The van der Waals surface area contributed by atoms with E-state index in [1.54, 1.807) is 12.1 Å². The molecule has 0 amide bonds. The molecule has 0 atom stereocenters. The molecule has 106 valence electrons. The lowest BCUT2D eigenvalue weighted by molar-refractivity contribution is 0.397. The van der Waals surface area contributed by atoms with Gasteiger partial charge in [-0.1, -0.05) is 12.1 Å². The van der Waals surface area contributed by atoms with Crippen LogP contribution in [0.15, 0.2) is 47.5 Å². The average Bonchev–Trinajstić information content (AvgIpc) is 2.46. The molecule has 2 aromatic rings. The number of halogens is 1. The van der Waals surface area contributed by atoms with Crippen LogP contribution in [0.5, 0.6) is 5.88 Å². The molecule has 0 saturated carbocycles. The molecule has 0 spiro atoms. The Morgan fingerprint density at radius 2 is 2.10 bits per heavy atom. The van der Waals surface area contributed by atoms with Crippen LogP contribution in [0.3, 0.4) is 0 Å². The summed E-state index contributed by atoms with van der Waals surface area (Å²) in [5.74, 6) is -0.152. The quantitative estimate of drug-likeness (QED) is 0.912. The van der Waals surface area contributed by atoms with Crippen molar-refractivity contribution in [3.63, 3.8) is 0 Å². The fraction of sp³-hybridized carbons (Fsp3) is 0.154. The first kappa shape index (κ1) is 14.4. The Bertz CT molecular complexity index is 687. The Morgan fingerprint density at radius 1 is 1.30 bits per heavy atom. The van der Waals surface area contributed by atoms with Crippen LogP contribution in [0, 0.1) is 5.82 Å². The normalized spacial score (nSPS) is 11.3. The van der Waals surface area contributed by atoms with Crippen LogP contribution < -0.4 is 9.46 Å². The summed E-state index contributed by atoms with van der Waals surface area (Å²) in [5, 5.41) is 0. The fourth-order valence-electron chi connectivity index (χ4n) is 1.53. The van der Waals surface area contributed by atoms with Gasteiger partial charge in [0.1, 0.15) is 5.82 Å². The van der Waals surface area contributed by atoms with E-state index < -0.39 is 15.8 Å². The zero-order valence-corrected chi connectivity index (χ0v) is 11.5. The lowest BCUT2D eigenvalue weighted by Gasteiger charge is -2.07. The predicted octanol–water partition coefficient (Wildman–Crippen LogP) is 1.71. The van der Waals surface area contributed by atoms with E-state index >= 15 is 0 Å². The highest BCUT2D eigenvalue weighted by Gasteiger charge is 2.14. The van der Waals surface area contributed by atoms with Crippen LogP contribution in [0.25, 0.3) is 0 Å². The monoisotopic (exact) mass is 296 g/mol. The Hall–Kier alpha value is -1.99. The summed E-state index contributed by atoms with van der Waals surface area (Å²) in [6.45, 7) is 0.0653. The van der Waals surface area contributed by atoms with Gasteiger partial charge >= 0.3 is 0 Å². The predicted molar refractivity (Wildman–Crippen MR) is 71.2 cm³/mol. The topological polar surface area (TPSA) is 68.3 Å². The van der Waals surface area contributed by atoms with Crippen LogP contribution in [-0.4, -0.2) is 20.5 Å². The number of sulfonamides is 1. The third-order valence-corrected chi connectivity index (χ3v) is 3.98. The number of hydrogen-bond acceptors (Lipinski definition) is 4. The van der Waals surface area contributed by atoms with Crippen molar-refractivity contribution in [1.29, 1.82) is 0 Å². The van der Waals surface area contributed by atoms with Crippen LogP contribution in [0.4, 0.5) is 4.39 Å². The smallest absolute Gasteiger partial charge is 0.240 e. The number of hydrogen-bond donors (Lipinski definition) is 1. The van der Waals surface area contributed by atoms with Crippen molar-refractivity contribution >= 4 is 10.0 Å². The van der Waals surface area contributed by atoms with E-state index in [1.165, 1.54) is 31.5 Å². The molecule has 0 bridgehead atoms. The van der Waals surface area contributed by atoms with E-state index in [0.717, 1.165) is 6.07 Å². The van der Waals surface area contributed by atoms with Crippen molar-refractivity contribution in [1.82, 2.24) is 9.71 Å². The van der Waals surface area contributed by atoms with Crippen molar-refractivity contribution in [2.45, 2.75) is 11.4 Å². The largest absolute Gasteiger partial charge is 0.481 e. The standard InChI is InChI=1S/C13H13FN2O3S/c1-19-13-6-5-10(8-15-13)9-16-20(17,18)12-4-2-3-11(14)7-12/h2-8,16H,9H2,1H3. The molecule has 0 unspecified atom stereocenters. The van der Waals surface area contributed by atoms with E-state index in [9.17, 15) is 12.8 Å². The maximum Gasteiger partial charge on any atom is 0.240 e. The maximum atomic E-state index is 13.0. The molecule has 1 N–H and O–H groups in total. The third-order valence-electron chi connectivity index (χ3n) is 2.58. The van der Waals surface area contributed by atoms with Gasteiger partial charge in [0.2, 0.25) is 15.9 Å². The molecule has 20 heavy (non-hydrogen) atoms. The number of aromatic nitrogens is 1. The third kappa shape index (κ3) is 3.52. The summed E-state index contributed by atoms with van der Waals surface area (Å²) in [6.07, 6.45) is 1.51. The summed E-state index contributed by atoms with van der Waals surface area (Å²) in [4.78, 5) is 3.86.